The van der Waals surface area contributed by atoms with Crippen molar-refractivity contribution >= 4 is 45.7 Å². The predicted octanol–water partition coefficient (Wildman–Crippen LogP) is 5.41. The fourth-order valence-corrected chi connectivity index (χ4v) is 3.03. The monoisotopic (exact) mass is 344 g/mol. The van der Waals surface area contributed by atoms with Crippen LogP contribution in [0, 0.1) is 13.8 Å². The van der Waals surface area contributed by atoms with Gasteiger partial charge < -0.3 is 5.32 Å². The minimum atomic E-state index is -0.354. The maximum Gasteiger partial charge on any atom is 0.258 e. The number of benzene rings is 2. The molecule has 23 heavy (non-hydrogen) atoms. The smallest absolute Gasteiger partial charge is 0.258 e. The fraction of sp³-hybridized carbons (Fsp3) is 0.111. The van der Waals surface area contributed by atoms with Gasteiger partial charge in [-0.25, -0.2) is 0 Å². The number of fused-ring (bicyclic) bond motifs is 1. The number of anilines is 1. The van der Waals surface area contributed by atoms with E-state index in [-0.39, 0.29) is 11.5 Å². The molecule has 0 saturated heterocycles. The zero-order valence-electron chi connectivity index (χ0n) is 12.7. The lowest BCUT2D eigenvalue weighted by Gasteiger charge is -2.12. The lowest BCUT2D eigenvalue weighted by Crippen LogP contribution is -2.13. The van der Waals surface area contributed by atoms with Crippen LogP contribution in [0.2, 0.25) is 10.0 Å². The van der Waals surface area contributed by atoms with E-state index in [1.54, 1.807) is 24.4 Å². The Bertz CT molecular complexity index is 902. The van der Waals surface area contributed by atoms with Gasteiger partial charge in [0.25, 0.3) is 5.91 Å². The van der Waals surface area contributed by atoms with Gasteiger partial charge in [-0.3, -0.25) is 9.78 Å². The van der Waals surface area contributed by atoms with Crippen molar-refractivity contribution in [3.63, 3.8) is 0 Å². The maximum absolute atomic E-state index is 12.5. The minimum absolute atomic E-state index is 0.261. The second kappa shape index (κ2) is 6.19. The van der Waals surface area contributed by atoms with Gasteiger partial charge in [0.2, 0.25) is 0 Å². The van der Waals surface area contributed by atoms with Crippen LogP contribution in [0.25, 0.3) is 10.9 Å². The Hall–Kier alpha value is -2.10. The number of halogens is 2. The van der Waals surface area contributed by atoms with Gasteiger partial charge in [-0.15, -0.1) is 0 Å². The Morgan fingerprint density at radius 2 is 1.70 bits per heavy atom. The number of hydrogen-bond donors (Lipinski definition) is 1. The van der Waals surface area contributed by atoms with Crippen LogP contribution in [0.15, 0.2) is 42.6 Å². The number of carbonyl (C=O) groups is 1. The van der Waals surface area contributed by atoms with Gasteiger partial charge in [-0.1, -0.05) is 41.4 Å². The first kappa shape index (κ1) is 15.8. The van der Waals surface area contributed by atoms with Crippen molar-refractivity contribution in [2.75, 3.05) is 5.32 Å². The molecule has 1 amide bonds. The lowest BCUT2D eigenvalue weighted by molar-refractivity contribution is 0.102. The van der Waals surface area contributed by atoms with E-state index in [1.165, 1.54) is 0 Å². The highest BCUT2D eigenvalue weighted by molar-refractivity contribution is 6.40. The summed E-state index contributed by atoms with van der Waals surface area (Å²) in [5, 5.41) is 4.50. The van der Waals surface area contributed by atoms with E-state index in [1.807, 2.05) is 32.0 Å². The average Bonchev–Trinajstić information content (AvgIpc) is 2.51. The normalized spacial score (nSPS) is 10.8. The van der Waals surface area contributed by atoms with Crippen LogP contribution in [0.4, 0.5) is 5.69 Å². The molecule has 0 unspecified atom stereocenters. The number of nitrogens with one attached hydrogen (secondary N) is 1. The Morgan fingerprint density at radius 1 is 1.04 bits per heavy atom. The topological polar surface area (TPSA) is 42.0 Å². The quantitative estimate of drug-likeness (QED) is 0.675. The van der Waals surface area contributed by atoms with Crippen molar-refractivity contribution < 1.29 is 4.79 Å². The summed E-state index contributed by atoms with van der Waals surface area (Å²) >= 11 is 12.2. The molecule has 1 N–H and O–H groups in total. The highest BCUT2D eigenvalue weighted by Crippen LogP contribution is 2.28. The summed E-state index contributed by atoms with van der Waals surface area (Å²) in [6.45, 7) is 4.05. The molecule has 0 spiro atoms. The SMILES string of the molecule is Cc1cnc2c(NC(=O)c3c(Cl)cccc3Cl)cccc2c1C. The summed E-state index contributed by atoms with van der Waals surface area (Å²) in [4.78, 5) is 17.0. The Morgan fingerprint density at radius 3 is 2.39 bits per heavy atom. The highest BCUT2D eigenvalue weighted by atomic mass is 35.5. The molecule has 0 bridgehead atoms. The van der Waals surface area contributed by atoms with E-state index in [2.05, 4.69) is 10.3 Å². The molecule has 5 heteroatoms. The van der Waals surface area contributed by atoms with Crippen LogP contribution in [0.3, 0.4) is 0 Å². The molecule has 0 radical (unpaired) electrons. The van der Waals surface area contributed by atoms with Gasteiger partial charge in [0.05, 0.1) is 26.8 Å². The third-order valence-electron chi connectivity index (χ3n) is 3.86. The standard InChI is InChI=1S/C18H14Cl2N2O/c1-10-9-21-17-12(11(10)2)5-3-8-15(17)22-18(23)16-13(19)6-4-7-14(16)20/h3-9H,1-2H3,(H,22,23). The summed E-state index contributed by atoms with van der Waals surface area (Å²) < 4.78 is 0. The van der Waals surface area contributed by atoms with Gasteiger partial charge in [0, 0.05) is 11.6 Å². The first-order valence-corrected chi connectivity index (χ1v) is 7.85. The number of rotatable bonds is 2. The Kier molecular flexibility index (Phi) is 4.24. The third kappa shape index (κ3) is 2.90. The van der Waals surface area contributed by atoms with Crippen molar-refractivity contribution in [2.24, 2.45) is 0 Å². The minimum Gasteiger partial charge on any atom is -0.320 e. The predicted molar refractivity (Wildman–Crippen MR) is 95.6 cm³/mol. The van der Waals surface area contributed by atoms with E-state index >= 15 is 0 Å². The zero-order chi connectivity index (χ0) is 16.6. The van der Waals surface area contributed by atoms with E-state index in [9.17, 15) is 4.79 Å². The number of nitrogens with zero attached hydrogens (tertiary/aromatic N) is 1. The van der Waals surface area contributed by atoms with Crippen molar-refractivity contribution in [1.82, 2.24) is 4.98 Å². The molecule has 2 aromatic carbocycles. The van der Waals surface area contributed by atoms with Crippen molar-refractivity contribution in [1.29, 1.82) is 0 Å². The molecule has 0 aliphatic rings. The van der Waals surface area contributed by atoms with Crippen molar-refractivity contribution in [2.45, 2.75) is 13.8 Å². The van der Waals surface area contributed by atoms with Gasteiger partial charge in [0.1, 0.15) is 0 Å². The molecule has 0 saturated carbocycles. The average molecular weight is 345 g/mol. The lowest BCUT2D eigenvalue weighted by atomic mass is 10.1. The van der Waals surface area contributed by atoms with Gasteiger partial charge in [-0.05, 0) is 43.2 Å². The molecular formula is C18H14Cl2N2O. The highest BCUT2D eigenvalue weighted by Gasteiger charge is 2.16. The number of hydrogen-bond acceptors (Lipinski definition) is 2. The summed E-state index contributed by atoms with van der Waals surface area (Å²) in [7, 11) is 0. The summed E-state index contributed by atoms with van der Waals surface area (Å²) in [5.41, 5.74) is 3.88. The fourth-order valence-electron chi connectivity index (χ4n) is 2.46. The maximum atomic E-state index is 12.5. The van der Waals surface area contributed by atoms with Crippen LogP contribution in [-0.2, 0) is 0 Å². The Labute approximate surface area is 144 Å². The van der Waals surface area contributed by atoms with Gasteiger partial charge in [0.15, 0.2) is 0 Å². The summed E-state index contributed by atoms with van der Waals surface area (Å²) in [6.07, 6.45) is 1.80. The first-order chi connectivity index (χ1) is 11.0. The molecule has 1 heterocycles. The molecule has 1 aromatic heterocycles. The summed E-state index contributed by atoms with van der Waals surface area (Å²) in [6, 6.07) is 10.7. The van der Waals surface area contributed by atoms with Gasteiger partial charge >= 0.3 is 0 Å². The van der Waals surface area contributed by atoms with Crippen LogP contribution >= 0.6 is 23.2 Å². The van der Waals surface area contributed by atoms with Crippen LogP contribution in [0.5, 0.6) is 0 Å². The number of aromatic nitrogens is 1. The molecule has 3 aromatic rings. The zero-order valence-corrected chi connectivity index (χ0v) is 14.2. The van der Waals surface area contributed by atoms with Crippen LogP contribution < -0.4 is 5.32 Å². The molecule has 116 valence electrons. The van der Waals surface area contributed by atoms with E-state index in [4.69, 9.17) is 23.2 Å². The third-order valence-corrected chi connectivity index (χ3v) is 4.49. The number of carbonyl (C=O) groups excluding carboxylic acids is 1. The second-order valence-corrected chi connectivity index (χ2v) is 6.13. The number of aryl methyl sites for hydroxylation is 2. The molecule has 3 rings (SSSR count). The van der Waals surface area contributed by atoms with E-state index < -0.39 is 0 Å². The molecule has 0 atom stereocenters. The molecule has 0 aliphatic heterocycles. The van der Waals surface area contributed by atoms with Crippen LogP contribution in [-0.4, -0.2) is 10.9 Å². The summed E-state index contributed by atoms with van der Waals surface area (Å²) in [5.74, 6) is -0.354. The Balaban J connectivity index is 2.06. The molecule has 0 fully saturated rings. The second-order valence-electron chi connectivity index (χ2n) is 5.32. The first-order valence-electron chi connectivity index (χ1n) is 7.09. The van der Waals surface area contributed by atoms with E-state index in [0.717, 1.165) is 22.0 Å². The van der Waals surface area contributed by atoms with Gasteiger partial charge in [-0.2, -0.15) is 0 Å². The van der Waals surface area contributed by atoms with Crippen molar-refractivity contribution in [3.8, 4) is 0 Å². The molecule has 3 nitrogen and oxygen atoms in total. The molecular weight excluding hydrogens is 331 g/mol. The number of para-hydroxylation sites is 1. The van der Waals surface area contributed by atoms with E-state index in [0.29, 0.717) is 15.7 Å². The molecule has 0 aliphatic carbocycles. The number of pyridine rings is 1. The van der Waals surface area contributed by atoms with Crippen LogP contribution in [0.1, 0.15) is 21.5 Å². The van der Waals surface area contributed by atoms with Crippen molar-refractivity contribution in [3.05, 3.63) is 69.3 Å². The largest absolute Gasteiger partial charge is 0.320 e. The number of amides is 1.